The van der Waals surface area contributed by atoms with Gasteiger partial charge in [-0.25, -0.2) is 0 Å². The SMILES string of the molecule is CC(C)c1ccc(C(=O)N(CCC(N)=O)CCc2ccccc2)cc1. The second-order valence-corrected chi connectivity index (χ2v) is 6.52. The average molecular weight is 338 g/mol. The first-order chi connectivity index (χ1) is 12.0. The molecule has 2 aromatic rings. The van der Waals surface area contributed by atoms with Gasteiger partial charge in [0.05, 0.1) is 0 Å². The maximum atomic E-state index is 12.8. The van der Waals surface area contributed by atoms with Gasteiger partial charge < -0.3 is 10.6 Å². The molecule has 4 nitrogen and oxygen atoms in total. The molecule has 0 radical (unpaired) electrons. The fraction of sp³-hybridized carbons (Fsp3) is 0.333. The summed E-state index contributed by atoms with van der Waals surface area (Å²) in [4.78, 5) is 25.7. The monoisotopic (exact) mass is 338 g/mol. The van der Waals surface area contributed by atoms with Gasteiger partial charge >= 0.3 is 0 Å². The number of hydrogen-bond donors (Lipinski definition) is 1. The van der Waals surface area contributed by atoms with Crippen molar-refractivity contribution in [3.05, 3.63) is 71.3 Å². The number of carbonyl (C=O) groups excluding carboxylic acids is 2. The van der Waals surface area contributed by atoms with Crippen molar-refractivity contribution in [1.29, 1.82) is 0 Å². The van der Waals surface area contributed by atoms with Gasteiger partial charge in [-0.2, -0.15) is 0 Å². The topological polar surface area (TPSA) is 63.4 Å². The van der Waals surface area contributed by atoms with Gasteiger partial charge in [-0.15, -0.1) is 0 Å². The normalized spacial score (nSPS) is 10.7. The van der Waals surface area contributed by atoms with Gasteiger partial charge in [0.2, 0.25) is 5.91 Å². The van der Waals surface area contributed by atoms with Crippen LogP contribution >= 0.6 is 0 Å². The summed E-state index contributed by atoms with van der Waals surface area (Å²) in [6, 6.07) is 17.7. The lowest BCUT2D eigenvalue weighted by Crippen LogP contribution is -2.35. The maximum Gasteiger partial charge on any atom is 0.253 e. The van der Waals surface area contributed by atoms with Crippen LogP contribution in [0.25, 0.3) is 0 Å². The Kier molecular flexibility index (Phi) is 6.75. The Morgan fingerprint density at radius 3 is 2.16 bits per heavy atom. The number of rotatable bonds is 8. The fourth-order valence-electron chi connectivity index (χ4n) is 2.66. The quantitative estimate of drug-likeness (QED) is 0.802. The molecule has 0 fully saturated rings. The van der Waals surface area contributed by atoms with Crippen LogP contribution in [0.2, 0.25) is 0 Å². The Bertz CT molecular complexity index is 694. The zero-order valence-corrected chi connectivity index (χ0v) is 14.9. The highest BCUT2D eigenvalue weighted by Gasteiger charge is 2.16. The van der Waals surface area contributed by atoms with Gasteiger partial charge in [-0.1, -0.05) is 56.3 Å². The average Bonchev–Trinajstić information content (AvgIpc) is 2.62. The minimum atomic E-state index is -0.396. The molecule has 2 N–H and O–H groups in total. The Balaban J connectivity index is 2.09. The second kappa shape index (κ2) is 9.02. The van der Waals surface area contributed by atoms with E-state index in [0.29, 0.717) is 24.6 Å². The van der Waals surface area contributed by atoms with Crippen LogP contribution < -0.4 is 5.73 Å². The van der Waals surface area contributed by atoms with E-state index in [1.807, 2.05) is 54.6 Å². The van der Waals surface area contributed by atoms with Gasteiger partial charge in [0.15, 0.2) is 0 Å². The summed E-state index contributed by atoms with van der Waals surface area (Å²) in [7, 11) is 0. The molecule has 0 aliphatic heterocycles. The van der Waals surface area contributed by atoms with Gasteiger partial charge in [0.1, 0.15) is 0 Å². The maximum absolute atomic E-state index is 12.8. The van der Waals surface area contributed by atoms with Crippen LogP contribution in [0.15, 0.2) is 54.6 Å². The third-order valence-corrected chi connectivity index (χ3v) is 4.25. The number of nitrogens with two attached hydrogens (primary N) is 1. The molecule has 0 atom stereocenters. The van der Waals surface area contributed by atoms with Gasteiger partial charge in [0.25, 0.3) is 5.91 Å². The zero-order chi connectivity index (χ0) is 18.2. The van der Waals surface area contributed by atoms with Crippen molar-refractivity contribution >= 4 is 11.8 Å². The van der Waals surface area contributed by atoms with Crippen molar-refractivity contribution in [3.63, 3.8) is 0 Å². The summed E-state index contributed by atoms with van der Waals surface area (Å²) >= 11 is 0. The predicted molar refractivity (Wildman–Crippen MR) is 100 cm³/mol. The molecule has 2 amide bonds. The van der Waals surface area contributed by atoms with Crippen molar-refractivity contribution < 1.29 is 9.59 Å². The highest BCUT2D eigenvalue weighted by Crippen LogP contribution is 2.16. The van der Waals surface area contributed by atoms with E-state index in [-0.39, 0.29) is 12.3 Å². The van der Waals surface area contributed by atoms with E-state index in [0.717, 1.165) is 12.0 Å². The lowest BCUT2D eigenvalue weighted by molar-refractivity contribution is -0.118. The fourth-order valence-corrected chi connectivity index (χ4v) is 2.66. The molecule has 0 saturated heterocycles. The van der Waals surface area contributed by atoms with Crippen molar-refractivity contribution in [3.8, 4) is 0 Å². The van der Waals surface area contributed by atoms with E-state index in [1.54, 1.807) is 4.90 Å². The molecular formula is C21H26N2O2. The molecule has 0 spiro atoms. The van der Waals surface area contributed by atoms with Crippen LogP contribution in [0.4, 0.5) is 0 Å². The Morgan fingerprint density at radius 2 is 1.60 bits per heavy atom. The van der Waals surface area contributed by atoms with E-state index in [9.17, 15) is 9.59 Å². The van der Waals surface area contributed by atoms with Crippen molar-refractivity contribution in [2.45, 2.75) is 32.6 Å². The van der Waals surface area contributed by atoms with E-state index in [2.05, 4.69) is 13.8 Å². The summed E-state index contributed by atoms with van der Waals surface area (Å²) in [5.41, 5.74) is 8.26. The van der Waals surface area contributed by atoms with E-state index >= 15 is 0 Å². The molecule has 0 saturated carbocycles. The summed E-state index contributed by atoms with van der Waals surface area (Å²) in [5.74, 6) is -0.0339. The minimum Gasteiger partial charge on any atom is -0.370 e. The molecule has 0 heterocycles. The molecular weight excluding hydrogens is 312 g/mol. The van der Waals surface area contributed by atoms with E-state index in [4.69, 9.17) is 5.73 Å². The van der Waals surface area contributed by atoms with Crippen molar-refractivity contribution in [2.24, 2.45) is 5.73 Å². The summed E-state index contributed by atoms with van der Waals surface area (Å²) in [5, 5.41) is 0. The number of benzene rings is 2. The van der Waals surface area contributed by atoms with E-state index in [1.165, 1.54) is 5.56 Å². The highest BCUT2D eigenvalue weighted by molar-refractivity contribution is 5.94. The van der Waals surface area contributed by atoms with Crippen LogP contribution in [0, 0.1) is 0 Å². The summed E-state index contributed by atoms with van der Waals surface area (Å²) in [6.07, 6.45) is 0.917. The third kappa shape index (κ3) is 5.75. The lowest BCUT2D eigenvalue weighted by Gasteiger charge is -2.22. The Hall–Kier alpha value is -2.62. The first kappa shape index (κ1) is 18.7. The Labute approximate surface area is 149 Å². The number of primary amides is 1. The van der Waals surface area contributed by atoms with Crippen molar-refractivity contribution in [2.75, 3.05) is 13.1 Å². The van der Waals surface area contributed by atoms with E-state index < -0.39 is 5.91 Å². The summed E-state index contributed by atoms with van der Waals surface area (Å²) < 4.78 is 0. The molecule has 25 heavy (non-hydrogen) atoms. The smallest absolute Gasteiger partial charge is 0.253 e. The number of nitrogens with zero attached hydrogens (tertiary/aromatic N) is 1. The summed E-state index contributed by atoms with van der Waals surface area (Å²) in [6.45, 7) is 5.14. The standard InChI is InChI=1S/C21H26N2O2/c1-16(2)18-8-10-19(11-9-18)21(25)23(15-13-20(22)24)14-12-17-6-4-3-5-7-17/h3-11,16H,12-15H2,1-2H3,(H2,22,24). The van der Waals surface area contributed by atoms with Crippen LogP contribution in [-0.4, -0.2) is 29.8 Å². The second-order valence-electron chi connectivity index (χ2n) is 6.52. The van der Waals surface area contributed by atoms with Crippen LogP contribution in [0.3, 0.4) is 0 Å². The van der Waals surface area contributed by atoms with Gasteiger partial charge in [-0.3, -0.25) is 9.59 Å². The molecule has 0 bridgehead atoms. The molecule has 4 heteroatoms. The van der Waals surface area contributed by atoms with Crippen molar-refractivity contribution in [1.82, 2.24) is 4.90 Å². The van der Waals surface area contributed by atoms with Gasteiger partial charge in [0, 0.05) is 25.1 Å². The Morgan fingerprint density at radius 1 is 0.960 bits per heavy atom. The molecule has 2 aromatic carbocycles. The molecule has 0 unspecified atom stereocenters. The number of carbonyl (C=O) groups is 2. The third-order valence-electron chi connectivity index (χ3n) is 4.25. The number of hydrogen-bond acceptors (Lipinski definition) is 2. The highest BCUT2D eigenvalue weighted by atomic mass is 16.2. The largest absolute Gasteiger partial charge is 0.370 e. The molecule has 0 aromatic heterocycles. The van der Waals surface area contributed by atoms with Gasteiger partial charge in [-0.05, 0) is 35.6 Å². The van der Waals surface area contributed by atoms with Crippen LogP contribution in [0.1, 0.15) is 47.7 Å². The minimum absolute atomic E-state index is 0.0625. The zero-order valence-electron chi connectivity index (χ0n) is 14.9. The molecule has 0 aliphatic rings. The lowest BCUT2D eigenvalue weighted by atomic mass is 10.0. The molecule has 2 rings (SSSR count). The number of amides is 2. The molecule has 132 valence electrons. The first-order valence-electron chi connectivity index (χ1n) is 8.69. The van der Waals surface area contributed by atoms with Crippen LogP contribution in [-0.2, 0) is 11.2 Å². The predicted octanol–water partition coefficient (Wildman–Crippen LogP) is 3.37. The van der Waals surface area contributed by atoms with Crippen LogP contribution in [0.5, 0.6) is 0 Å². The first-order valence-corrected chi connectivity index (χ1v) is 8.69. The molecule has 0 aliphatic carbocycles.